The van der Waals surface area contributed by atoms with Crippen LogP contribution < -0.4 is 5.32 Å². The summed E-state index contributed by atoms with van der Waals surface area (Å²) in [5.74, 6) is 0.0895. The van der Waals surface area contributed by atoms with Crippen LogP contribution in [-0.4, -0.2) is 9.83 Å². The zero-order chi connectivity index (χ0) is 10.1. The van der Waals surface area contributed by atoms with Crippen LogP contribution in [0.1, 0.15) is 12.0 Å². The van der Waals surface area contributed by atoms with Crippen LogP contribution in [0.25, 0.3) is 0 Å². The lowest BCUT2D eigenvalue weighted by Crippen LogP contribution is -2.20. The summed E-state index contributed by atoms with van der Waals surface area (Å²) < 4.78 is 0.0544. The molecule has 1 aromatic rings. The first-order valence-electron chi connectivity index (χ1n) is 4.40. The summed E-state index contributed by atoms with van der Waals surface area (Å²) in [5, 5.41) is 3.62. The predicted octanol–water partition coefficient (Wildman–Crippen LogP) is 3.03. The number of alkyl halides is 1. The van der Waals surface area contributed by atoms with Crippen LogP contribution in [-0.2, 0) is 11.2 Å². The molecule has 1 atom stereocenters. The van der Waals surface area contributed by atoms with Crippen LogP contribution in [0, 0.1) is 0 Å². The molecule has 74 valence electrons. The topological polar surface area (TPSA) is 29.1 Å². The quantitative estimate of drug-likeness (QED) is 0.577. The fraction of sp³-hybridized carbons (Fsp3) is 0.300. The number of anilines is 1. The standard InChI is InChI=1S/C10H9ClINO/c11-7-2-4-9-6(5-7)1-3-8(12)10(14)13-9/h2,4-5,8H,1,3H2,(H,13,14). The molecular formula is C10H9ClINO. The fourth-order valence-corrected chi connectivity index (χ4v) is 2.18. The Morgan fingerprint density at radius 2 is 2.29 bits per heavy atom. The van der Waals surface area contributed by atoms with Gasteiger partial charge in [-0.1, -0.05) is 34.2 Å². The van der Waals surface area contributed by atoms with Gasteiger partial charge in [-0.25, -0.2) is 0 Å². The molecule has 1 N–H and O–H groups in total. The highest BCUT2D eigenvalue weighted by molar-refractivity contribution is 14.1. The first kappa shape index (κ1) is 10.2. The van der Waals surface area contributed by atoms with Gasteiger partial charge in [0.1, 0.15) is 0 Å². The smallest absolute Gasteiger partial charge is 0.237 e. The van der Waals surface area contributed by atoms with E-state index in [0.717, 1.165) is 29.1 Å². The predicted molar refractivity (Wildman–Crippen MR) is 66.2 cm³/mol. The molecule has 1 aliphatic rings. The van der Waals surface area contributed by atoms with Gasteiger partial charge in [0, 0.05) is 10.7 Å². The summed E-state index contributed by atoms with van der Waals surface area (Å²) in [4.78, 5) is 11.5. The van der Waals surface area contributed by atoms with Crippen molar-refractivity contribution >= 4 is 45.8 Å². The molecule has 0 saturated heterocycles. The highest BCUT2D eigenvalue weighted by Gasteiger charge is 2.20. The van der Waals surface area contributed by atoms with E-state index in [1.165, 1.54) is 0 Å². The maximum Gasteiger partial charge on any atom is 0.237 e. The van der Waals surface area contributed by atoms with Crippen LogP contribution in [0.3, 0.4) is 0 Å². The largest absolute Gasteiger partial charge is 0.325 e. The lowest BCUT2D eigenvalue weighted by atomic mass is 10.1. The fourth-order valence-electron chi connectivity index (χ4n) is 1.52. The minimum Gasteiger partial charge on any atom is -0.325 e. The van der Waals surface area contributed by atoms with Gasteiger partial charge < -0.3 is 5.32 Å². The highest BCUT2D eigenvalue weighted by atomic mass is 127. The van der Waals surface area contributed by atoms with Crippen LogP contribution >= 0.6 is 34.2 Å². The second-order valence-corrected chi connectivity index (χ2v) is 5.24. The Kier molecular flexibility index (Phi) is 2.97. The molecule has 14 heavy (non-hydrogen) atoms. The average Bonchev–Trinajstić information content (AvgIpc) is 2.29. The van der Waals surface area contributed by atoms with Crippen molar-refractivity contribution in [2.75, 3.05) is 5.32 Å². The number of carbonyl (C=O) groups is 1. The summed E-state index contributed by atoms with van der Waals surface area (Å²) >= 11 is 8.06. The third kappa shape index (κ3) is 2.03. The summed E-state index contributed by atoms with van der Waals surface area (Å²) in [6.45, 7) is 0. The summed E-state index contributed by atoms with van der Waals surface area (Å²) in [7, 11) is 0. The molecule has 4 heteroatoms. The van der Waals surface area contributed by atoms with E-state index in [1.54, 1.807) is 6.07 Å². The number of benzene rings is 1. The van der Waals surface area contributed by atoms with E-state index in [4.69, 9.17) is 11.6 Å². The van der Waals surface area contributed by atoms with Gasteiger partial charge in [-0.3, -0.25) is 4.79 Å². The Bertz CT molecular complexity index is 380. The van der Waals surface area contributed by atoms with Gasteiger partial charge in [-0.15, -0.1) is 0 Å². The van der Waals surface area contributed by atoms with E-state index in [2.05, 4.69) is 27.9 Å². The van der Waals surface area contributed by atoms with E-state index >= 15 is 0 Å². The van der Waals surface area contributed by atoms with Crippen LogP contribution in [0.5, 0.6) is 0 Å². The molecule has 0 saturated carbocycles. The van der Waals surface area contributed by atoms with Crippen molar-refractivity contribution in [2.45, 2.75) is 16.8 Å². The molecule has 2 rings (SSSR count). The first-order valence-corrected chi connectivity index (χ1v) is 6.02. The van der Waals surface area contributed by atoms with Crippen LogP contribution in [0.2, 0.25) is 5.02 Å². The number of nitrogens with one attached hydrogen (secondary N) is 1. The van der Waals surface area contributed by atoms with Crippen molar-refractivity contribution in [3.63, 3.8) is 0 Å². The number of carbonyl (C=O) groups excluding carboxylic acids is 1. The van der Waals surface area contributed by atoms with Gasteiger partial charge in [-0.05, 0) is 36.6 Å². The highest BCUT2D eigenvalue weighted by Crippen LogP contribution is 2.27. The van der Waals surface area contributed by atoms with Gasteiger partial charge in [0.25, 0.3) is 0 Å². The lowest BCUT2D eigenvalue weighted by molar-refractivity contribution is -0.115. The van der Waals surface area contributed by atoms with E-state index in [0.29, 0.717) is 0 Å². The molecule has 0 aliphatic carbocycles. The molecule has 2 nitrogen and oxygen atoms in total. The molecule has 0 radical (unpaired) electrons. The second-order valence-electron chi connectivity index (χ2n) is 3.30. The third-order valence-corrected chi connectivity index (χ3v) is 3.70. The van der Waals surface area contributed by atoms with Crippen molar-refractivity contribution in [3.8, 4) is 0 Å². The van der Waals surface area contributed by atoms with Crippen molar-refractivity contribution in [1.82, 2.24) is 0 Å². The van der Waals surface area contributed by atoms with Crippen molar-refractivity contribution in [1.29, 1.82) is 0 Å². The Labute approximate surface area is 101 Å². The zero-order valence-corrected chi connectivity index (χ0v) is 10.3. The zero-order valence-electron chi connectivity index (χ0n) is 7.39. The molecular weight excluding hydrogens is 312 g/mol. The summed E-state index contributed by atoms with van der Waals surface area (Å²) in [6, 6.07) is 5.59. The van der Waals surface area contributed by atoms with E-state index in [9.17, 15) is 4.79 Å². The van der Waals surface area contributed by atoms with Crippen molar-refractivity contribution in [3.05, 3.63) is 28.8 Å². The van der Waals surface area contributed by atoms with Crippen LogP contribution in [0.4, 0.5) is 5.69 Å². The maximum absolute atomic E-state index is 11.5. The maximum atomic E-state index is 11.5. The number of fused-ring (bicyclic) bond motifs is 1. The van der Waals surface area contributed by atoms with Gasteiger partial charge >= 0.3 is 0 Å². The SMILES string of the molecule is O=C1Nc2ccc(Cl)cc2CCC1I. The molecule has 0 aromatic heterocycles. The number of halogens is 2. The lowest BCUT2D eigenvalue weighted by Gasteiger charge is -2.06. The molecule has 1 aliphatic heterocycles. The number of aryl methyl sites for hydroxylation is 1. The second kappa shape index (κ2) is 4.06. The van der Waals surface area contributed by atoms with Gasteiger partial charge in [0.05, 0.1) is 3.92 Å². The number of amides is 1. The molecule has 1 amide bonds. The molecule has 1 aromatic carbocycles. The van der Waals surface area contributed by atoms with Crippen LogP contribution in [0.15, 0.2) is 18.2 Å². The Hall–Kier alpha value is -0.290. The normalized spacial score (nSPS) is 21.0. The minimum atomic E-state index is 0.0544. The molecule has 0 fully saturated rings. The van der Waals surface area contributed by atoms with E-state index < -0.39 is 0 Å². The number of hydrogen-bond donors (Lipinski definition) is 1. The Morgan fingerprint density at radius 1 is 1.50 bits per heavy atom. The number of rotatable bonds is 0. The molecule has 1 unspecified atom stereocenters. The number of hydrogen-bond acceptors (Lipinski definition) is 1. The monoisotopic (exact) mass is 321 g/mol. The van der Waals surface area contributed by atoms with Gasteiger partial charge in [0.15, 0.2) is 0 Å². The first-order chi connectivity index (χ1) is 6.66. The third-order valence-electron chi connectivity index (χ3n) is 2.28. The Morgan fingerprint density at radius 3 is 3.07 bits per heavy atom. The van der Waals surface area contributed by atoms with Crippen molar-refractivity contribution < 1.29 is 4.79 Å². The molecule has 0 bridgehead atoms. The minimum absolute atomic E-state index is 0.0544. The van der Waals surface area contributed by atoms with Gasteiger partial charge in [0.2, 0.25) is 5.91 Å². The summed E-state index contributed by atoms with van der Waals surface area (Å²) in [5.41, 5.74) is 2.03. The van der Waals surface area contributed by atoms with Crippen molar-refractivity contribution in [2.24, 2.45) is 0 Å². The Balaban J connectivity index is 2.37. The van der Waals surface area contributed by atoms with Gasteiger partial charge in [-0.2, -0.15) is 0 Å². The van der Waals surface area contributed by atoms with E-state index in [1.807, 2.05) is 12.1 Å². The van der Waals surface area contributed by atoms with E-state index in [-0.39, 0.29) is 9.83 Å². The average molecular weight is 322 g/mol. The molecule has 1 heterocycles. The molecule has 0 spiro atoms. The summed E-state index contributed by atoms with van der Waals surface area (Å²) in [6.07, 6.45) is 1.78.